The molecule has 0 aliphatic carbocycles. The maximum atomic E-state index is 8.25. The van der Waals surface area contributed by atoms with Crippen LogP contribution in [-0.2, 0) is 0 Å². The molecule has 0 saturated heterocycles. The van der Waals surface area contributed by atoms with Gasteiger partial charge in [0.25, 0.3) is 0 Å². The third kappa shape index (κ3) is 28.0. The second-order valence-corrected chi connectivity index (χ2v) is 7.42. The summed E-state index contributed by atoms with van der Waals surface area (Å²) in [6.07, 6.45) is 8.20. The van der Waals surface area contributed by atoms with Crippen molar-refractivity contribution in [1.82, 2.24) is 0 Å². The predicted molar refractivity (Wildman–Crippen MR) is 123 cm³/mol. The lowest BCUT2D eigenvalue weighted by Crippen LogP contribution is -2.46. The molecule has 0 fully saturated rings. The fourth-order valence-corrected chi connectivity index (χ4v) is 2.63. The average Bonchev–Trinajstić information content (AvgIpc) is 2.79. The van der Waals surface area contributed by atoms with Gasteiger partial charge in [-0.15, -0.1) is 0 Å². The second-order valence-electron chi connectivity index (χ2n) is 7.42. The van der Waals surface area contributed by atoms with Crippen LogP contribution in [0.1, 0.15) is 80.1 Å². The molecule has 0 amide bonds. The van der Waals surface area contributed by atoms with E-state index in [-0.39, 0.29) is 0 Å². The smallest absolute Gasteiger partial charge is 0.0784 e. The molecule has 0 rings (SSSR count). The summed E-state index contributed by atoms with van der Waals surface area (Å²) in [6, 6.07) is 0. The van der Waals surface area contributed by atoms with Crippen molar-refractivity contribution in [3.05, 3.63) is 0 Å². The summed E-state index contributed by atoms with van der Waals surface area (Å²) in [5.74, 6) is 0. The zero-order valence-corrected chi connectivity index (χ0v) is 21.6. The first-order valence-corrected chi connectivity index (χ1v) is 11.3. The number of hydrogen-bond donors (Lipinski definition) is 1. The van der Waals surface area contributed by atoms with Crippen molar-refractivity contribution in [1.29, 1.82) is 0 Å². The summed E-state index contributed by atoms with van der Waals surface area (Å²) < 4.78 is 2.52. The minimum absolute atomic E-state index is 0.750. The van der Waals surface area contributed by atoms with Gasteiger partial charge in [0.1, 0.15) is 0 Å². The van der Waals surface area contributed by atoms with Crippen LogP contribution in [0.25, 0.3) is 0 Å². The Morgan fingerprint density at radius 2 is 0.714 bits per heavy atom. The van der Waals surface area contributed by atoms with Crippen molar-refractivity contribution in [3.8, 4) is 0 Å². The van der Waals surface area contributed by atoms with Gasteiger partial charge in [-0.1, -0.05) is 40.0 Å². The summed E-state index contributed by atoms with van der Waals surface area (Å²) in [7, 11) is 7.24. The maximum absolute atomic E-state index is 8.25. The average molecular weight is 411 g/mol. The van der Waals surface area contributed by atoms with Gasteiger partial charge >= 0.3 is 0 Å². The summed E-state index contributed by atoms with van der Waals surface area (Å²) in [5.41, 5.74) is 0. The van der Waals surface area contributed by atoms with Gasteiger partial charge in [0.2, 0.25) is 0 Å². The van der Waals surface area contributed by atoms with E-state index in [2.05, 4.69) is 55.6 Å². The third-order valence-electron chi connectivity index (χ3n) is 5.44. The molecule has 0 saturated carbocycles. The van der Waals surface area contributed by atoms with E-state index in [0.29, 0.717) is 0 Å². The first-order valence-electron chi connectivity index (χ1n) is 11.3. The van der Waals surface area contributed by atoms with Gasteiger partial charge in [0.15, 0.2) is 0 Å². The molecule has 0 aliphatic heterocycles. The Morgan fingerprint density at radius 1 is 0.500 bits per heavy atom. The number of rotatable bonds is 12. The van der Waals surface area contributed by atoms with Crippen LogP contribution in [0, 0.1) is 0 Å². The molecule has 0 aliphatic rings. The molecule has 178 valence electrons. The number of aliphatic hydroxyl groups excluding tert-OH is 1. The summed E-state index contributed by atoms with van der Waals surface area (Å²) in [6.45, 7) is 21.5. The summed E-state index contributed by atoms with van der Waals surface area (Å²) in [4.78, 5) is 0. The van der Waals surface area contributed by atoms with Gasteiger partial charge in [0, 0.05) is 7.11 Å². The highest BCUT2D eigenvalue weighted by Crippen LogP contribution is 2.10. The first kappa shape index (κ1) is 38.4. The van der Waals surface area contributed by atoms with Crippen LogP contribution in [0.15, 0.2) is 0 Å². The van der Waals surface area contributed by atoms with Crippen LogP contribution in [0.2, 0.25) is 0 Å². The summed E-state index contributed by atoms with van der Waals surface area (Å²) >= 11 is 0. The molecule has 0 aromatic heterocycles. The molecule has 0 unspecified atom stereocenters. The number of unbranched alkanes of at least 4 members (excludes halogenated alkanes) is 3. The largest absolute Gasteiger partial charge is 0.857 e. The second kappa shape index (κ2) is 31.5. The van der Waals surface area contributed by atoms with Crippen LogP contribution < -0.4 is 10.2 Å². The van der Waals surface area contributed by atoms with Gasteiger partial charge in [0.05, 0.1) is 53.4 Å². The Bertz CT molecular complexity index is 206. The van der Waals surface area contributed by atoms with Crippen LogP contribution in [-0.4, -0.2) is 88.8 Å². The van der Waals surface area contributed by atoms with Gasteiger partial charge in [-0.25, -0.2) is 0 Å². The van der Waals surface area contributed by atoms with E-state index in [9.17, 15) is 0 Å². The Balaban J connectivity index is -0.000000107. The molecule has 1 N–H and O–H groups in total. The highest BCUT2D eigenvalue weighted by Gasteiger charge is 2.18. The molecule has 0 heterocycles. The van der Waals surface area contributed by atoms with E-state index in [1.54, 1.807) is 0 Å². The van der Waals surface area contributed by atoms with E-state index in [0.717, 1.165) is 21.3 Å². The van der Waals surface area contributed by atoms with Crippen molar-refractivity contribution in [2.24, 2.45) is 0 Å². The van der Waals surface area contributed by atoms with Gasteiger partial charge in [-0.05, 0) is 40.0 Å². The zero-order chi connectivity index (χ0) is 23.5. The van der Waals surface area contributed by atoms with Crippen LogP contribution in [0.4, 0.5) is 0 Å². The fourth-order valence-electron chi connectivity index (χ4n) is 2.63. The minimum Gasteiger partial charge on any atom is -0.857 e. The number of hydrogen-bond acceptors (Lipinski definition) is 3. The molecule has 0 radical (unpaired) electrons. The molecule has 0 spiro atoms. The van der Waals surface area contributed by atoms with Crippen molar-refractivity contribution in [2.45, 2.75) is 80.1 Å². The fraction of sp³-hybridized carbons (Fsp3) is 1.00. The number of quaternary nitrogens is 2. The standard InChI is InChI=1S/C13H30N.C7H18N.CH4O.2CH3O/c1-5-8-11-14(4,12-9-6-2)13-10-7-3;1-5-8(4,6-2)7-3;3*1-2/h5-13H2,1-4H3;5-7H2,1-4H3;2H,1H3;2*1H3/q2*+1;;2*-1. The maximum Gasteiger partial charge on any atom is 0.0784 e. The van der Waals surface area contributed by atoms with E-state index in [4.69, 9.17) is 15.3 Å². The molecular weight excluding hydrogens is 352 g/mol. The molecule has 5 heteroatoms. The van der Waals surface area contributed by atoms with E-state index >= 15 is 0 Å². The normalized spacial score (nSPS) is 10.1. The van der Waals surface area contributed by atoms with Crippen molar-refractivity contribution < 1.29 is 24.3 Å². The Labute approximate surface area is 179 Å². The molecule has 0 aromatic rings. The van der Waals surface area contributed by atoms with Gasteiger partial charge in [-0.2, -0.15) is 14.2 Å². The van der Waals surface area contributed by atoms with Gasteiger partial charge < -0.3 is 24.3 Å². The number of aliphatic hydroxyl groups is 1. The highest BCUT2D eigenvalue weighted by atomic mass is 16.2. The lowest BCUT2D eigenvalue weighted by Gasteiger charge is -2.34. The van der Waals surface area contributed by atoms with E-state index in [1.807, 2.05) is 0 Å². The topological polar surface area (TPSA) is 66.3 Å². The van der Waals surface area contributed by atoms with Crippen LogP contribution in [0.5, 0.6) is 0 Å². The lowest BCUT2D eigenvalue weighted by atomic mass is 10.2. The minimum atomic E-state index is 0.750. The lowest BCUT2D eigenvalue weighted by molar-refractivity contribution is -0.910. The molecule has 0 atom stereocenters. The Kier molecular flexibility index (Phi) is 43.2. The van der Waals surface area contributed by atoms with Gasteiger partial charge in [-0.3, -0.25) is 0 Å². The Hall–Kier alpha value is -0.200. The quantitative estimate of drug-likeness (QED) is 0.503. The third-order valence-corrected chi connectivity index (χ3v) is 5.44. The molecule has 0 aromatic carbocycles. The van der Waals surface area contributed by atoms with Crippen LogP contribution in [0.3, 0.4) is 0 Å². The van der Waals surface area contributed by atoms with Crippen molar-refractivity contribution in [3.63, 3.8) is 0 Å². The zero-order valence-electron chi connectivity index (χ0n) is 21.6. The van der Waals surface area contributed by atoms with E-state index < -0.39 is 0 Å². The predicted octanol–water partition coefficient (Wildman–Crippen LogP) is 2.89. The van der Waals surface area contributed by atoms with Crippen molar-refractivity contribution >= 4 is 0 Å². The first-order chi connectivity index (χ1) is 13.4. The highest BCUT2D eigenvalue weighted by molar-refractivity contribution is 4.43. The molecule has 28 heavy (non-hydrogen) atoms. The Morgan fingerprint density at radius 3 is 0.821 bits per heavy atom. The summed E-state index contributed by atoms with van der Waals surface area (Å²) in [5, 5.41) is 23.5. The molecule has 0 bridgehead atoms. The SMILES string of the molecule is CCCC[N+](C)(CCCC)CCCC.CC[N+](C)(CC)CC.CO.C[O-].C[O-]. The van der Waals surface area contributed by atoms with Crippen molar-refractivity contribution in [2.75, 3.05) is 74.7 Å². The molecular formula is C23H58N2O3. The van der Waals surface area contributed by atoms with Crippen LogP contribution >= 0.6 is 0 Å². The number of nitrogens with zero attached hydrogens (tertiary/aromatic N) is 2. The van der Waals surface area contributed by atoms with E-state index in [1.165, 1.54) is 86.8 Å². The monoisotopic (exact) mass is 410 g/mol. The molecule has 5 nitrogen and oxygen atoms in total.